The summed E-state index contributed by atoms with van der Waals surface area (Å²) in [4.78, 5) is 10.7. The maximum atomic E-state index is 13.2. The third-order valence-electron chi connectivity index (χ3n) is 4.75. The first-order valence-electron chi connectivity index (χ1n) is 8.45. The molecule has 6 heteroatoms. The normalized spacial score (nSPS) is 23.5. The smallest absolute Gasteiger partial charge is 0.134 e. The summed E-state index contributed by atoms with van der Waals surface area (Å²) in [5.74, 6) is 2.11. The number of aliphatic hydroxyl groups is 1. The maximum Gasteiger partial charge on any atom is 0.134 e. The summed E-state index contributed by atoms with van der Waals surface area (Å²) in [6.45, 7) is 1.46. The van der Waals surface area contributed by atoms with Gasteiger partial charge in [-0.2, -0.15) is 0 Å². The summed E-state index contributed by atoms with van der Waals surface area (Å²) in [5, 5.41) is 13.5. The first-order valence-corrected chi connectivity index (χ1v) is 8.45. The van der Waals surface area contributed by atoms with Gasteiger partial charge in [-0.3, -0.25) is 0 Å². The minimum absolute atomic E-state index is 0.00761. The number of rotatable bonds is 5. The number of anilines is 2. The van der Waals surface area contributed by atoms with E-state index in [2.05, 4.69) is 20.2 Å². The SMILES string of the molecule is OC1CC(c2ccc(F)cc2)N(c2cc(NCC3CC3)ncn2)C1. The molecule has 2 aromatic rings. The van der Waals surface area contributed by atoms with Crippen molar-refractivity contribution in [3.63, 3.8) is 0 Å². The molecule has 0 bridgehead atoms. The molecule has 2 aliphatic rings. The number of aromatic nitrogens is 2. The van der Waals surface area contributed by atoms with Crippen LogP contribution in [0.25, 0.3) is 0 Å². The number of hydrogen-bond acceptors (Lipinski definition) is 5. The van der Waals surface area contributed by atoms with E-state index in [1.807, 2.05) is 6.07 Å². The van der Waals surface area contributed by atoms with Crippen LogP contribution in [0.5, 0.6) is 0 Å². The molecule has 24 heavy (non-hydrogen) atoms. The summed E-state index contributed by atoms with van der Waals surface area (Å²) in [6.07, 6.45) is 4.32. The molecule has 0 spiro atoms. The van der Waals surface area contributed by atoms with Crippen molar-refractivity contribution < 1.29 is 9.50 Å². The Morgan fingerprint density at radius 2 is 2.00 bits per heavy atom. The summed E-state index contributed by atoms with van der Waals surface area (Å²) < 4.78 is 13.2. The van der Waals surface area contributed by atoms with Crippen LogP contribution in [0.4, 0.5) is 16.0 Å². The minimum Gasteiger partial charge on any atom is -0.391 e. The van der Waals surface area contributed by atoms with Crippen molar-refractivity contribution >= 4 is 11.6 Å². The molecule has 2 heterocycles. The highest BCUT2D eigenvalue weighted by Gasteiger charge is 2.33. The molecule has 1 saturated heterocycles. The molecule has 4 rings (SSSR count). The van der Waals surface area contributed by atoms with Gasteiger partial charge in [-0.05, 0) is 42.9 Å². The van der Waals surface area contributed by atoms with Crippen LogP contribution in [0.3, 0.4) is 0 Å². The van der Waals surface area contributed by atoms with Crippen molar-refractivity contribution in [2.24, 2.45) is 5.92 Å². The first-order chi connectivity index (χ1) is 11.7. The average molecular weight is 328 g/mol. The van der Waals surface area contributed by atoms with Crippen LogP contribution in [0.2, 0.25) is 0 Å². The third kappa shape index (κ3) is 3.33. The fourth-order valence-corrected chi connectivity index (χ4v) is 3.24. The molecule has 1 saturated carbocycles. The molecule has 126 valence electrons. The number of nitrogens with zero attached hydrogens (tertiary/aromatic N) is 3. The predicted octanol–water partition coefficient (Wildman–Crippen LogP) is 2.75. The van der Waals surface area contributed by atoms with Gasteiger partial charge in [0.05, 0.1) is 12.1 Å². The molecule has 1 aliphatic heterocycles. The van der Waals surface area contributed by atoms with Gasteiger partial charge >= 0.3 is 0 Å². The Bertz CT molecular complexity index is 704. The highest BCUT2D eigenvalue weighted by Crippen LogP contribution is 2.36. The molecule has 0 radical (unpaired) electrons. The van der Waals surface area contributed by atoms with E-state index in [0.29, 0.717) is 13.0 Å². The van der Waals surface area contributed by atoms with E-state index in [-0.39, 0.29) is 11.9 Å². The van der Waals surface area contributed by atoms with E-state index in [9.17, 15) is 9.50 Å². The molecule has 1 aliphatic carbocycles. The molecule has 2 N–H and O–H groups in total. The molecular formula is C18H21FN4O. The van der Waals surface area contributed by atoms with Crippen molar-refractivity contribution in [3.8, 4) is 0 Å². The molecule has 0 amide bonds. The zero-order valence-electron chi connectivity index (χ0n) is 13.4. The van der Waals surface area contributed by atoms with Gasteiger partial charge in [0.25, 0.3) is 0 Å². The zero-order valence-corrected chi connectivity index (χ0v) is 13.4. The number of hydrogen-bond donors (Lipinski definition) is 2. The van der Waals surface area contributed by atoms with E-state index in [1.165, 1.54) is 25.0 Å². The summed E-state index contributed by atoms with van der Waals surface area (Å²) in [5.41, 5.74) is 0.985. The molecular weight excluding hydrogens is 307 g/mol. The fraction of sp³-hybridized carbons (Fsp3) is 0.444. The van der Waals surface area contributed by atoms with Gasteiger partial charge in [-0.15, -0.1) is 0 Å². The van der Waals surface area contributed by atoms with Crippen LogP contribution in [0, 0.1) is 11.7 Å². The van der Waals surface area contributed by atoms with Gasteiger partial charge in [0.2, 0.25) is 0 Å². The number of β-amino-alcohol motifs (C(OH)–C–C–N with tert-alkyl or cyclic N) is 1. The highest BCUT2D eigenvalue weighted by atomic mass is 19.1. The fourth-order valence-electron chi connectivity index (χ4n) is 3.24. The largest absolute Gasteiger partial charge is 0.391 e. The van der Waals surface area contributed by atoms with Crippen molar-refractivity contribution in [2.45, 2.75) is 31.4 Å². The van der Waals surface area contributed by atoms with Crippen molar-refractivity contribution in [1.29, 1.82) is 0 Å². The lowest BCUT2D eigenvalue weighted by Crippen LogP contribution is -2.25. The molecule has 2 unspecified atom stereocenters. The zero-order chi connectivity index (χ0) is 16.5. The number of benzene rings is 1. The number of halogens is 1. The lowest BCUT2D eigenvalue weighted by Gasteiger charge is -2.26. The van der Waals surface area contributed by atoms with Crippen LogP contribution < -0.4 is 10.2 Å². The Balaban J connectivity index is 1.56. The monoisotopic (exact) mass is 328 g/mol. The van der Waals surface area contributed by atoms with E-state index in [0.717, 1.165) is 29.7 Å². The van der Waals surface area contributed by atoms with Crippen LogP contribution in [0.1, 0.15) is 30.9 Å². The van der Waals surface area contributed by atoms with Crippen LogP contribution >= 0.6 is 0 Å². The molecule has 1 aromatic carbocycles. The predicted molar refractivity (Wildman–Crippen MR) is 90.4 cm³/mol. The second-order valence-electron chi connectivity index (χ2n) is 6.69. The van der Waals surface area contributed by atoms with Crippen molar-refractivity contribution in [2.75, 3.05) is 23.3 Å². The van der Waals surface area contributed by atoms with Gasteiger partial charge in [-0.25, -0.2) is 14.4 Å². The topological polar surface area (TPSA) is 61.3 Å². The molecule has 2 fully saturated rings. The second-order valence-corrected chi connectivity index (χ2v) is 6.69. The average Bonchev–Trinajstić information content (AvgIpc) is 3.34. The number of nitrogens with one attached hydrogen (secondary N) is 1. The van der Waals surface area contributed by atoms with Gasteiger partial charge in [0, 0.05) is 19.2 Å². The summed E-state index contributed by atoms with van der Waals surface area (Å²) in [6, 6.07) is 8.39. The lowest BCUT2D eigenvalue weighted by molar-refractivity contribution is 0.194. The van der Waals surface area contributed by atoms with Crippen molar-refractivity contribution in [1.82, 2.24) is 9.97 Å². The summed E-state index contributed by atoms with van der Waals surface area (Å²) >= 11 is 0. The Labute approximate surface area is 140 Å². The van der Waals surface area contributed by atoms with Gasteiger partial charge < -0.3 is 15.3 Å². The lowest BCUT2D eigenvalue weighted by atomic mass is 10.0. The van der Waals surface area contributed by atoms with Gasteiger partial charge in [0.1, 0.15) is 23.8 Å². The Hall–Kier alpha value is -2.21. The molecule has 1 aromatic heterocycles. The molecule has 2 atom stereocenters. The Morgan fingerprint density at radius 3 is 2.75 bits per heavy atom. The van der Waals surface area contributed by atoms with Crippen molar-refractivity contribution in [3.05, 3.63) is 48.0 Å². The van der Waals surface area contributed by atoms with Crippen LogP contribution in [0.15, 0.2) is 36.7 Å². The van der Waals surface area contributed by atoms with E-state index >= 15 is 0 Å². The second kappa shape index (κ2) is 6.36. The van der Waals surface area contributed by atoms with Crippen LogP contribution in [-0.4, -0.2) is 34.3 Å². The minimum atomic E-state index is -0.419. The van der Waals surface area contributed by atoms with Gasteiger partial charge in [-0.1, -0.05) is 12.1 Å². The van der Waals surface area contributed by atoms with E-state index in [4.69, 9.17) is 0 Å². The standard InChI is InChI=1S/C18H21FN4O/c19-14-5-3-13(4-6-14)16-7-15(24)10-23(16)18-8-17(21-11-22-18)20-9-12-1-2-12/h3-6,8,11-12,15-16,24H,1-2,7,9-10H2,(H,20,21,22). The Morgan fingerprint density at radius 1 is 1.21 bits per heavy atom. The first kappa shape index (κ1) is 15.3. The van der Waals surface area contributed by atoms with E-state index in [1.54, 1.807) is 18.5 Å². The van der Waals surface area contributed by atoms with Crippen LogP contribution in [-0.2, 0) is 0 Å². The highest BCUT2D eigenvalue weighted by molar-refractivity contribution is 5.51. The Kier molecular flexibility index (Phi) is 4.06. The number of aliphatic hydroxyl groups excluding tert-OH is 1. The maximum absolute atomic E-state index is 13.2. The molecule has 5 nitrogen and oxygen atoms in total. The quantitative estimate of drug-likeness (QED) is 0.884. The summed E-state index contributed by atoms with van der Waals surface area (Å²) in [7, 11) is 0. The van der Waals surface area contributed by atoms with E-state index < -0.39 is 6.10 Å². The van der Waals surface area contributed by atoms with Gasteiger partial charge in [0.15, 0.2) is 0 Å². The third-order valence-corrected chi connectivity index (χ3v) is 4.75.